The van der Waals surface area contributed by atoms with Crippen LogP contribution in [-0.4, -0.2) is 12.1 Å². The summed E-state index contributed by atoms with van der Waals surface area (Å²) in [6, 6.07) is 0. The van der Waals surface area contributed by atoms with Crippen LogP contribution in [0.1, 0.15) is 0 Å². The maximum absolute atomic E-state index is 3.93. The van der Waals surface area contributed by atoms with Crippen LogP contribution in [-0.2, 0) is 0 Å². The maximum atomic E-state index is 3.93. The minimum absolute atomic E-state index is 0.784. The summed E-state index contributed by atoms with van der Waals surface area (Å²) in [6.07, 6.45) is 3.67. The number of allylic oxidation sites excluding steroid dienone is 1. The van der Waals surface area contributed by atoms with Gasteiger partial charge in [0.2, 0.25) is 0 Å². The first-order valence-corrected chi connectivity index (χ1v) is 3.05. The molecule has 2 heterocycles. The van der Waals surface area contributed by atoms with Crippen LogP contribution in [0.15, 0.2) is 26.3 Å². The molecule has 8 heavy (non-hydrogen) atoms. The first-order chi connectivity index (χ1) is 3.97. The highest BCUT2D eigenvalue weighted by Gasteiger charge is 2.11. The van der Waals surface area contributed by atoms with E-state index in [0.717, 1.165) is 19.5 Å². The molecule has 0 aliphatic carbocycles. The first kappa shape index (κ1) is 4.10. The van der Waals surface area contributed by atoms with Crippen molar-refractivity contribution in [3.8, 4) is 0 Å². The molecule has 38 valence electrons. The Balaban J connectivity index is 2.59. The van der Waals surface area contributed by atoms with Crippen molar-refractivity contribution >= 4 is 20.4 Å². The largest absolute Gasteiger partial charge is 0.235 e. The SMILES string of the molecule is C1=NC2=NN=PC2=C1. The fourth-order valence-electron chi connectivity index (χ4n) is 0.587. The summed E-state index contributed by atoms with van der Waals surface area (Å²) in [6.45, 7) is 0. The lowest BCUT2D eigenvalue weighted by Gasteiger charge is -1.77. The zero-order chi connectivity index (χ0) is 5.40. The Hall–Kier alpha value is -0.820. The Labute approximate surface area is 47.7 Å². The smallest absolute Gasteiger partial charge is 0.188 e. The molecule has 2 aliphatic heterocycles. The van der Waals surface area contributed by atoms with Gasteiger partial charge in [-0.3, -0.25) is 0 Å². The third kappa shape index (κ3) is 0.393. The van der Waals surface area contributed by atoms with E-state index in [1.54, 1.807) is 6.21 Å². The molecule has 3 nitrogen and oxygen atoms in total. The fraction of sp³-hybridized carbons (Fsp3) is 0. The van der Waals surface area contributed by atoms with Crippen LogP contribution in [0.25, 0.3) is 0 Å². The number of hydrogen-bond acceptors (Lipinski definition) is 3. The summed E-state index contributed by atoms with van der Waals surface area (Å²) in [5, 5.41) is 4.88. The van der Waals surface area contributed by atoms with Crippen molar-refractivity contribution in [3.63, 3.8) is 0 Å². The van der Waals surface area contributed by atoms with Gasteiger partial charge < -0.3 is 0 Å². The highest BCUT2D eigenvalue weighted by molar-refractivity contribution is 7.35. The normalized spacial score (nSPS) is 23.0. The lowest BCUT2D eigenvalue weighted by atomic mass is 10.5. The van der Waals surface area contributed by atoms with Gasteiger partial charge in [-0.1, -0.05) is 0 Å². The molecule has 0 aromatic carbocycles. The average molecular weight is 123 g/mol. The molecule has 0 atom stereocenters. The minimum Gasteiger partial charge on any atom is -0.235 e. The summed E-state index contributed by atoms with van der Waals surface area (Å²) in [4.78, 5) is 7.68. The molecule has 2 aliphatic rings. The molecule has 2 rings (SSSR count). The molecule has 0 saturated carbocycles. The Morgan fingerprint density at radius 3 is 3.38 bits per heavy atom. The van der Waals surface area contributed by atoms with E-state index in [-0.39, 0.29) is 0 Å². The van der Waals surface area contributed by atoms with Gasteiger partial charge in [-0.05, 0) is 6.08 Å². The van der Waals surface area contributed by atoms with Crippen LogP contribution in [0.2, 0.25) is 0 Å². The van der Waals surface area contributed by atoms with Gasteiger partial charge in [0.1, 0.15) is 0 Å². The zero-order valence-corrected chi connectivity index (χ0v) is 4.84. The molecule has 0 spiro atoms. The van der Waals surface area contributed by atoms with Crippen LogP contribution in [0.4, 0.5) is 0 Å². The van der Waals surface area contributed by atoms with Gasteiger partial charge >= 0.3 is 0 Å². The second-order valence-electron chi connectivity index (χ2n) is 1.44. The number of rotatable bonds is 0. The van der Waals surface area contributed by atoms with Gasteiger partial charge in [0.05, 0.1) is 13.7 Å². The molecule has 0 unspecified atom stereocenters. The van der Waals surface area contributed by atoms with Crippen LogP contribution in [0.3, 0.4) is 0 Å². The lowest BCUT2D eigenvalue weighted by Crippen LogP contribution is -1.81. The minimum atomic E-state index is 0.784. The average Bonchev–Trinajstić information content (AvgIpc) is 2.15. The summed E-state index contributed by atoms with van der Waals surface area (Å²) in [5.74, 6) is 0.784. The quantitative estimate of drug-likeness (QED) is 0.437. The van der Waals surface area contributed by atoms with E-state index in [4.69, 9.17) is 0 Å². The van der Waals surface area contributed by atoms with E-state index in [1.165, 1.54) is 0 Å². The standard InChI is InChI=1S/C4H2N3P/c1-2-5-4-3(1)8-7-6-4/h1-2H. The molecule has 0 aromatic heterocycles. The number of hydrogen-bond donors (Lipinski definition) is 0. The number of nitrogens with zero attached hydrogens (tertiary/aromatic N) is 3. The van der Waals surface area contributed by atoms with Crippen molar-refractivity contribution in [2.45, 2.75) is 0 Å². The summed E-state index contributed by atoms with van der Waals surface area (Å²) >= 11 is 0. The second kappa shape index (κ2) is 1.33. The van der Waals surface area contributed by atoms with E-state index in [9.17, 15) is 0 Å². The van der Waals surface area contributed by atoms with E-state index in [0.29, 0.717) is 0 Å². The van der Waals surface area contributed by atoms with Crippen molar-refractivity contribution in [1.82, 2.24) is 0 Å². The summed E-state index contributed by atoms with van der Waals surface area (Å²) < 4.78 is 0. The molecule has 0 N–H and O–H groups in total. The predicted octanol–water partition coefficient (Wildman–Crippen LogP) is 1.41. The zero-order valence-electron chi connectivity index (χ0n) is 3.94. The molecule has 0 fully saturated rings. The third-order valence-corrected chi connectivity index (χ3v) is 1.69. The third-order valence-electron chi connectivity index (χ3n) is 0.950. The fourth-order valence-corrected chi connectivity index (χ4v) is 1.14. The maximum Gasteiger partial charge on any atom is 0.188 e. The topological polar surface area (TPSA) is 37.1 Å². The highest BCUT2D eigenvalue weighted by Crippen LogP contribution is 2.26. The molecule has 0 saturated heterocycles. The summed E-state index contributed by atoms with van der Waals surface area (Å²) in [7, 11) is 0.935. The molecule has 0 aromatic rings. The van der Waals surface area contributed by atoms with Gasteiger partial charge in [-0.15, -0.1) is 9.96 Å². The van der Waals surface area contributed by atoms with Crippen molar-refractivity contribution in [3.05, 3.63) is 11.4 Å². The van der Waals surface area contributed by atoms with Gasteiger partial charge in [0.15, 0.2) is 5.84 Å². The Kier molecular flexibility index (Phi) is 0.680. The van der Waals surface area contributed by atoms with Crippen molar-refractivity contribution in [1.29, 1.82) is 0 Å². The number of amidine groups is 1. The van der Waals surface area contributed by atoms with E-state index >= 15 is 0 Å². The van der Waals surface area contributed by atoms with E-state index in [1.807, 2.05) is 6.08 Å². The van der Waals surface area contributed by atoms with Gasteiger partial charge in [0.25, 0.3) is 0 Å². The number of fused-ring (bicyclic) bond motifs is 1. The highest BCUT2D eigenvalue weighted by atomic mass is 31.1. The molecular formula is C4H2N3P. The van der Waals surface area contributed by atoms with Crippen molar-refractivity contribution in [2.24, 2.45) is 14.9 Å². The van der Waals surface area contributed by atoms with Crippen LogP contribution in [0.5, 0.6) is 0 Å². The Bertz CT molecular complexity index is 210. The Morgan fingerprint density at radius 2 is 2.50 bits per heavy atom. The Morgan fingerprint density at radius 1 is 1.50 bits per heavy atom. The van der Waals surface area contributed by atoms with Gasteiger partial charge in [0, 0.05) is 6.21 Å². The van der Waals surface area contributed by atoms with Crippen molar-refractivity contribution < 1.29 is 0 Å². The van der Waals surface area contributed by atoms with Crippen LogP contribution in [0, 0.1) is 0 Å². The number of aliphatic imine (C=N–C) groups is 1. The van der Waals surface area contributed by atoms with Crippen LogP contribution >= 0.6 is 8.37 Å². The van der Waals surface area contributed by atoms with Gasteiger partial charge in [-0.2, -0.15) is 0 Å². The molecule has 0 bridgehead atoms. The lowest BCUT2D eigenvalue weighted by molar-refractivity contribution is 1.29. The molecular weight excluding hydrogens is 121 g/mol. The first-order valence-electron chi connectivity index (χ1n) is 2.20. The van der Waals surface area contributed by atoms with E-state index in [2.05, 4.69) is 14.9 Å². The molecule has 0 radical (unpaired) electrons. The monoisotopic (exact) mass is 123 g/mol. The van der Waals surface area contributed by atoms with Gasteiger partial charge in [-0.25, -0.2) is 4.99 Å². The molecule has 0 amide bonds. The van der Waals surface area contributed by atoms with Crippen molar-refractivity contribution in [2.75, 3.05) is 0 Å². The van der Waals surface area contributed by atoms with E-state index < -0.39 is 0 Å². The predicted molar refractivity (Wildman–Crippen MR) is 33.4 cm³/mol. The second-order valence-corrected chi connectivity index (χ2v) is 2.30. The summed E-state index contributed by atoms with van der Waals surface area (Å²) in [5.41, 5.74) is 0. The van der Waals surface area contributed by atoms with Crippen LogP contribution < -0.4 is 0 Å². The molecule has 4 heteroatoms.